The maximum Gasteiger partial charge on any atom is 0.244 e. The lowest BCUT2D eigenvalue weighted by atomic mass is 10.1. The Morgan fingerprint density at radius 2 is 1.71 bits per heavy atom. The number of benzene rings is 2. The smallest absolute Gasteiger partial charge is 0.244 e. The van der Waals surface area contributed by atoms with Gasteiger partial charge in [0.1, 0.15) is 12.6 Å². The van der Waals surface area contributed by atoms with Crippen molar-refractivity contribution in [1.29, 1.82) is 0 Å². The zero-order valence-electron chi connectivity index (χ0n) is 20.2. The molecule has 0 aromatic heterocycles. The summed E-state index contributed by atoms with van der Waals surface area (Å²) in [5, 5.41) is 2.85. The number of fused-ring (bicyclic) bond motifs is 1. The van der Waals surface area contributed by atoms with Crippen LogP contribution in [0, 0.1) is 5.92 Å². The van der Waals surface area contributed by atoms with Crippen molar-refractivity contribution >= 4 is 43.5 Å². The molecule has 2 aromatic rings. The normalized spacial score (nSPS) is 13.4. The zero-order chi connectivity index (χ0) is 25.8. The highest BCUT2D eigenvalue weighted by Gasteiger charge is 2.30. The van der Waals surface area contributed by atoms with Crippen molar-refractivity contribution in [2.24, 2.45) is 5.92 Å². The van der Waals surface area contributed by atoms with Crippen LogP contribution in [0.1, 0.15) is 26.3 Å². The topological polar surface area (TPSA) is 105 Å². The summed E-state index contributed by atoms with van der Waals surface area (Å²) in [6.07, 6.45) is 1.03. The molecule has 35 heavy (non-hydrogen) atoms. The lowest BCUT2D eigenvalue weighted by Gasteiger charge is -2.31. The molecule has 9 nitrogen and oxygen atoms in total. The first-order valence-corrected chi connectivity index (χ1v) is 13.8. The highest BCUT2D eigenvalue weighted by Crippen LogP contribution is 2.36. The molecule has 0 spiro atoms. The molecule has 0 fully saturated rings. The van der Waals surface area contributed by atoms with Gasteiger partial charge in [0.25, 0.3) is 0 Å². The number of halogens is 1. The molecular weight excluding hydrogens is 538 g/mol. The average molecular weight is 568 g/mol. The Morgan fingerprint density at radius 3 is 2.34 bits per heavy atom. The van der Waals surface area contributed by atoms with E-state index in [9.17, 15) is 18.0 Å². The number of anilines is 1. The molecule has 1 N–H and O–H groups in total. The Kier molecular flexibility index (Phi) is 8.65. The number of nitrogens with one attached hydrogen (secondary N) is 1. The minimum Gasteiger partial charge on any atom is -0.454 e. The zero-order valence-corrected chi connectivity index (χ0v) is 22.6. The van der Waals surface area contributed by atoms with E-state index in [2.05, 4.69) is 21.2 Å². The van der Waals surface area contributed by atoms with E-state index >= 15 is 0 Å². The molecule has 1 aliphatic heterocycles. The van der Waals surface area contributed by atoms with Gasteiger partial charge in [-0.3, -0.25) is 13.9 Å². The van der Waals surface area contributed by atoms with Gasteiger partial charge in [-0.25, -0.2) is 8.42 Å². The molecule has 0 bridgehead atoms. The fourth-order valence-electron chi connectivity index (χ4n) is 3.48. The predicted octanol–water partition coefficient (Wildman–Crippen LogP) is 3.13. The Labute approximate surface area is 214 Å². The van der Waals surface area contributed by atoms with Gasteiger partial charge in [-0.15, -0.1) is 0 Å². The van der Waals surface area contributed by atoms with Crippen LogP contribution in [0.3, 0.4) is 0 Å². The van der Waals surface area contributed by atoms with Gasteiger partial charge in [0.15, 0.2) is 11.5 Å². The minimum atomic E-state index is -3.83. The number of sulfonamides is 1. The van der Waals surface area contributed by atoms with E-state index in [4.69, 9.17) is 9.47 Å². The van der Waals surface area contributed by atoms with Gasteiger partial charge in [0.05, 0.1) is 11.9 Å². The van der Waals surface area contributed by atoms with Crippen LogP contribution in [0.2, 0.25) is 0 Å². The van der Waals surface area contributed by atoms with Crippen LogP contribution in [0.4, 0.5) is 5.69 Å². The third-order valence-corrected chi connectivity index (χ3v) is 7.11. The second kappa shape index (κ2) is 11.3. The van der Waals surface area contributed by atoms with Crippen LogP contribution in [0.15, 0.2) is 46.9 Å². The summed E-state index contributed by atoms with van der Waals surface area (Å²) in [4.78, 5) is 27.8. The van der Waals surface area contributed by atoms with Gasteiger partial charge in [0, 0.05) is 23.6 Å². The van der Waals surface area contributed by atoms with Crippen molar-refractivity contribution in [3.8, 4) is 11.5 Å². The standard InChI is InChI=1S/C24H30BrN3O6S/c1-16(2)12-26-24(30)17(3)27(13-18-5-7-19(25)8-6-18)23(29)14-28(35(4,31)32)20-9-10-21-22(11-20)34-15-33-21/h5-11,16-17H,12-15H2,1-4H3,(H,26,30)/t17-/m1/s1. The molecule has 0 saturated heterocycles. The monoisotopic (exact) mass is 567 g/mol. The van der Waals surface area contributed by atoms with E-state index in [-0.39, 0.29) is 30.9 Å². The average Bonchev–Trinajstić information content (AvgIpc) is 3.27. The Bertz CT molecular complexity index is 1170. The highest BCUT2D eigenvalue weighted by atomic mass is 79.9. The van der Waals surface area contributed by atoms with Gasteiger partial charge >= 0.3 is 0 Å². The summed E-state index contributed by atoms with van der Waals surface area (Å²) >= 11 is 3.39. The molecule has 0 aliphatic carbocycles. The SMILES string of the molecule is CC(C)CNC(=O)[C@@H](C)N(Cc1ccc(Br)cc1)C(=O)CN(c1ccc2c(c1)OCO2)S(C)(=O)=O. The summed E-state index contributed by atoms with van der Waals surface area (Å²) in [6.45, 7) is 5.77. The van der Waals surface area contributed by atoms with Gasteiger partial charge in [-0.2, -0.15) is 0 Å². The number of hydrogen-bond donors (Lipinski definition) is 1. The Hall–Kier alpha value is -2.79. The first-order valence-electron chi connectivity index (χ1n) is 11.1. The number of amides is 2. The number of carbonyl (C=O) groups excluding carboxylic acids is 2. The fraction of sp³-hybridized carbons (Fsp3) is 0.417. The van der Waals surface area contributed by atoms with E-state index in [1.807, 2.05) is 38.1 Å². The van der Waals surface area contributed by atoms with Crippen molar-refractivity contribution in [3.63, 3.8) is 0 Å². The summed E-state index contributed by atoms with van der Waals surface area (Å²) < 4.78 is 37.9. The lowest BCUT2D eigenvalue weighted by Crippen LogP contribution is -2.51. The molecule has 0 saturated carbocycles. The van der Waals surface area contributed by atoms with Gasteiger partial charge in [-0.05, 0) is 42.7 Å². The molecule has 2 amide bonds. The number of rotatable bonds is 10. The van der Waals surface area contributed by atoms with E-state index in [1.165, 1.54) is 11.0 Å². The van der Waals surface area contributed by atoms with Crippen LogP contribution >= 0.6 is 15.9 Å². The molecule has 190 valence electrons. The first-order chi connectivity index (χ1) is 16.5. The largest absolute Gasteiger partial charge is 0.454 e. The van der Waals surface area contributed by atoms with Gasteiger partial charge in [0.2, 0.25) is 28.6 Å². The Morgan fingerprint density at radius 1 is 1.06 bits per heavy atom. The molecule has 1 atom stereocenters. The molecule has 0 unspecified atom stereocenters. The van der Waals surface area contributed by atoms with Crippen LogP contribution in [-0.2, 0) is 26.2 Å². The number of carbonyl (C=O) groups is 2. The maximum atomic E-state index is 13.5. The van der Waals surface area contributed by atoms with Crippen molar-refractivity contribution < 1.29 is 27.5 Å². The van der Waals surface area contributed by atoms with Gasteiger partial charge in [-0.1, -0.05) is 41.9 Å². The van der Waals surface area contributed by atoms with E-state index < -0.39 is 28.5 Å². The van der Waals surface area contributed by atoms with E-state index in [1.54, 1.807) is 19.1 Å². The molecular formula is C24H30BrN3O6S. The second-order valence-corrected chi connectivity index (χ2v) is 11.6. The van der Waals surface area contributed by atoms with Crippen LogP contribution in [-0.4, -0.2) is 57.3 Å². The first kappa shape index (κ1) is 26.8. The quantitative estimate of drug-likeness (QED) is 0.473. The molecule has 0 radical (unpaired) electrons. The summed E-state index contributed by atoms with van der Waals surface area (Å²) in [5.74, 6) is 0.326. The number of ether oxygens (including phenoxy) is 2. The number of nitrogens with zero attached hydrogens (tertiary/aromatic N) is 2. The third-order valence-electron chi connectivity index (χ3n) is 5.44. The van der Waals surface area contributed by atoms with Crippen molar-refractivity contribution in [1.82, 2.24) is 10.2 Å². The maximum absolute atomic E-state index is 13.5. The molecule has 2 aromatic carbocycles. The minimum absolute atomic E-state index is 0.0422. The molecule has 1 aliphatic rings. The molecule has 1 heterocycles. The van der Waals surface area contributed by atoms with E-state index in [0.29, 0.717) is 18.0 Å². The van der Waals surface area contributed by atoms with Crippen molar-refractivity contribution in [2.75, 3.05) is 30.4 Å². The van der Waals surface area contributed by atoms with E-state index in [0.717, 1.165) is 20.6 Å². The summed E-state index contributed by atoms with van der Waals surface area (Å²) in [5.41, 5.74) is 1.07. The Balaban J connectivity index is 1.88. The lowest BCUT2D eigenvalue weighted by molar-refractivity contribution is -0.139. The van der Waals surface area contributed by atoms with Gasteiger partial charge < -0.3 is 19.7 Å². The number of hydrogen-bond acceptors (Lipinski definition) is 6. The summed E-state index contributed by atoms with van der Waals surface area (Å²) in [7, 11) is -3.83. The molecule has 3 rings (SSSR count). The third kappa shape index (κ3) is 7.11. The molecule has 11 heteroatoms. The van der Waals surface area contributed by atoms with Crippen LogP contribution in [0.5, 0.6) is 11.5 Å². The second-order valence-electron chi connectivity index (χ2n) is 8.77. The predicted molar refractivity (Wildman–Crippen MR) is 137 cm³/mol. The summed E-state index contributed by atoms with van der Waals surface area (Å²) in [6, 6.07) is 11.2. The van der Waals surface area contributed by atoms with Crippen molar-refractivity contribution in [3.05, 3.63) is 52.5 Å². The van der Waals surface area contributed by atoms with Crippen molar-refractivity contribution in [2.45, 2.75) is 33.4 Å². The highest BCUT2D eigenvalue weighted by molar-refractivity contribution is 9.10. The van der Waals surface area contributed by atoms with Crippen LogP contribution in [0.25, 0.3) is 0 Å². The van der Waals surface area contributed by atoms with Crippen LogP contribution < -0.4 is 19.1 Å². The fourth-order valence-corrected chi connectivity index (χ4v) is 4.58.